The third kappa shape index (κ3) is 2.02. The molecule has 0 spiro atoms. The molecule has 0 amide bonds. The lowest BCUT2D eigenvalue weighted by Crippen LogP contribution is -2.48. The molecule has 152 valence electrons. The van der Waals surface area contributed by atoms with Crippen LogP contribution in [0.5, 0.6) is 0 Å². The monoisotopic (exact) mass is 409 g/mol. The fourth-order valence-corrected chi connectivity index (χ4v) is 6.36. The Bertz CT molecular complexity index is 1510. The number of hydrogen-bond acceptors (Lipinski definition) is 1. The zero-order valence-corrected chi connectivity index (χ0v) is 18.3. The van der Waals surface area contributed by atoms with Gasteiger partial charge >= 0.3 is 0 Å². The zero-order valence-electron chi connectivity index (χ0n) is 18.3. The summed E-state index contributed by atoms with van der Waals surface area (Å²) in [5, 5.41) is 1.18. The number of rotatable bonds is 1. The first-order chi connectivity index (χ1) is 15.6. The molecule has 3 aliphatic carbocycles. The van der Waals surface area contributed by atoms with Crippen LogP contribution in [0.2, 0.25) is 0 Å². The summed E-state index contributed by atoms with van der Waals surface area (Å²) in [5.41, 5.74) is 11.5. The van der Waals surface area contributed by atoms with Crippen molar-refractivity contribution in [3.05, 3.63) is 137 Å². The van der Waals surface area contributed by atoms with Crippen molar-refractivity contribution >= 4 is 10.9 Å². The first-order valence-corrected chi connectivity index (χ1v) is 11.3. The Labute approximate surface area is 188 Å². The van der Waals surface area contributed by atoms with E-state index in [1.165, 1.54) is 44.3 Å². The van der Waals surface area contributed by atoms with E-state index in [1.807, 2.05) is 0 Å². The summed E-state index contributed by atoms with van der Waals surface area (Å²) >= 11 is 0. The minimum absolute atomic E-state index is 0.143. The van der Waals surface area contributed by atoms with Gasteiger partial charge in [0.1, 0.15) is 0 Å². The molecule has 4 aromatic carbocycles. The van der Waals surface area contributed by atoms with E-state index in [-0.39, 0.29) is 10.8 Å². The summed E-state index contributed by atoms with van der Waals surface area (Å²) in [5.74, 6) is 0. The second kappa shape index (κ2) is 5.95. The van der Waals surface area contributed by atoms with E-state index in [0.717, 1.165) is 11.2 Å². The number of fused-ring (bicyclic) bond motifs is 1. The highest BCUT2D eigenvalue weighted by atomic mass is 14.7. The number of pyridine rings is 1. The van der Waals surface area contributed by atoms with Gasteiger partial charge in [-0.1, -0.05) is 84.9 Å². The topological polar surface area (TPSA) is 12.9 Å². The van der Waals surface area contributed by atoms with Crippen molar-refractivity contribution in [2.24, 2.45) is 0 Å². The van der Waals surface area contributed by atoms with Crippen molar-refractivity contribution in [2.75, 3.05) is 0 Å². The molecule has 0 N–H and O–H groups in total. The largest absolute Gasteiger partial charge is 0.248 e. The molecule has 0 radical (unpaired) electrons. The smallest absolute Gasteiger partial charge is 0.0709 e. The van der Waals surface area contributed by atoms with Gasteiger partial charge in [0.15, 0.2) is 0 Å². The molecule has 1 nitrogen and oxygen atoms in total. The molecule has 1 aromatic heterocycles. The highest BCUT2D eigenvalue weighted by Crippen LogP contribution is 2.61. The van der Waals surface area contributed by atoms with Crippen molar-refractivity contribution in [3.63, 3.8) is 0 Å². The molecule has 0 fully saturated rings. The van der Waals surface area contributed by atoms with Crippen LogP contribution < -0.4 is 0 Å². The average molecular weight is 410 g/mol. The SMILES string of the molecule is CC12c3ccccc3C(C)(c3ccccc31)c1cc(-c3ccc4ccccc4n3)ccc12. The molecule has 0 saturated carbocycles. The molecule has 32 heavy (non-hydrogen) atoms. The summed E-state index contributed by atoms with van der Waals surface area (Å²) < 4.78 is 0. The fraction of sp³-hybridized carbons (Fsp3) is 0.129. The van der Waals surface area contributed by atoms with E-state index in [2.05, 4.69) is 117 Å². The van der Waals surface area contributed by atoms with Gasteiger partial charge in [-0.15, -0.1) is 0 Å². The van der Waals surface area contributed by atoms with Gasteiger partial charge in [0.25, 0.3) is 0 Å². The Hall–Kier alpha value is -3.71. The lowest BCUT2D eigenvalue weighted by Gasteiger charge is -2.54. The van der Waals surface area contributed by atoms with Crippen molar-refractivity contribution in [2.45, 2.75) is 24.7 Å². The van der Waals surface area contributed by atoms with Gasteiger partial charge in [-0.3, -0.25) is 0 Å². The van der Waals surface area contributed by atoms with E-state index in [0.29, 0.717) is 0 Å². The van der Waals surface area contributed by atoms with Gasteiger partial charge in [-0.05, 0) is 65.4 Å². The number of hydrogen-bond donors (Lipinski definition) is 0. The lowest BCUT2D eigenvalue weighted by molar-refractivity contribution is 0.511. The first-order valence-electron chi connectivity index (χ1n) is 11.3. The minimum atomic E-state index is -0.173. The van der Waals surface area contributed by atoms with Crippen molar-refractivity contribution < 1.29 is 0 Å². The summed E-state index contributed by atoms with van der Waals surface area (Å²) in [6, 6.07) is 37.7. The molecule has 0 aliphatic heterocycles. The van der Waals surface area contributed by atoms with Gasteiger partial charge < -0.3 is 0 Å². The standard InChI is InChI=1S/C31H23N/c1-30-22-10-4-6-12-24(22)31(2,25-13-7-5-11-23(25)30)27-19-21(15-17-26(27)30)29-18-16-20-9-3-8-14-28(20)32-29/h3-19H,1-2H3. The van der Waals surface area contributed by atoms with Crippen LogP contribution in [0.3, 0.4) is 0 Å². The van der Waals surface area contributed by atoms with E-state index in [4.69, 9.17) is 4.98 Å². The van der Waals surface area contributed by atoms with Crippen LogP contribution in [-0.4, -0.2) is 4.98 Å². The quantitative estimate of drug-likeness (QED) is 0.284. The molecular weight excluding hydrogens is 386 g/mol. The van der Waals surface area contributed by atoms with Gasteiger partial charge in [0.2, 0.25) is 0 Å². The summed E-state index contributed by atoms with van der Waals surface area (Å²) in [6.07, 6.45) is 0. The van der Waals surface area contributed by atoms with Crippen LogP contribution in [0.25, 0.3) is 22.2 Å². The van der Waals surface area contributed by atoms with Crippen LogP contribution in [0.4, 0.5) is 0 Å². The summed E-state index contributed by atoms with van der Waals surface area (Å²) in [6.45, 7) is 4.80. The van der Waals surface area contributed by atoms with Crippen molar-refractivity contribution in [1.29, 1.82) is 0 Å². The van der Waals surface area contributed by atoms with Gasteiger partial charge in [0.05, 0.1) is 11.2 Å². The van der Waals surface area contributed by atoms with Gasteiger partial charge in [-0.2, -0.15) is 0 Å². The number of nitrogens with zero attached hydrogens (tertiary/aromatic N) is 1. The van der Waals surface area contributed by atoms with Crippen LogP contribution in [0.1, 0.15) is 47.2 Å². The molecule has 0 unspecified atom stereocenters. The van der Waals surface area contributed by atoms with E-state index in [1.54, 1.807) is 0 Å². The molecule has 5 aromatic rings. The molecule has 0 atom stereocenters. The normalized spacial score (nSPS) is 22.3. The maximum absolute atomic E-state index is 4.99. The maximum atomic E-state index is 4.99. The van der Waals surface area contributed by atoms with Crippen molar-refractivity contribution in [1.82, 2.24) is 4.98 Å². The minimum Gasteiger partial charge on any atom is -0.248 e. The fourth-order valence-electron chi connectivity index (χ4n) is 6.36. The summed E-state index contributed by atoms with van der Waals surface area (Å²) in [7, 11) is 0. The Morgan fingerprint density at radius 2 is 1.03 bits per heavy atom. The van der Waals surface area contributed by atoms with Crippen LogP contribution in [0.15, 0.2) is 103 Å². The Balaban J connectivity index is 1.52. The molecule has 0 saturated heterocycles. The molecule has 2 bridgehead atoms. The third-order valence-corrected chi connectivity index (χ3v) is 8.00. The van der Waals surface area contributed by atoms with Gasteiger partial charge in [-0.25, -0.2) is 4.98 Å². The average Bonchev–Trinajstić information content (AvgIpc) is 2.86. The molecule has 3 aliphatic rings. The Morgan fingerprint density at radius 3 is 1.69 bits per heavy atom. The molecule has 1 heterocycles. The number of aromatic nitrogens is 1. The maximum Gasteiger partial charge on any atom is 0.0709 e. The van der Waals surface area contributed by atoms with Crippen LogP contribution in [0, 0.1) is 0 Å². The lowest BCUT2D eigenvalue weighted by atomic mass is 9.48. The third-order valence-electron chi connectivity index (χ3n) is 8.00. The summed E-state index contributed by atoms with van der Waals surface area (Å²) in [4.78, 5) is 4.99. The molecule has 1 heteroatoms. The van der Waals surface area contributed by atoms with E-state index >= 15 is 0 Å². The Kier molecular flexibility index (Phi) is 3.33. The van der Waals surface area contributed by atoms with Gasteiger partial charge in [0, 0.05) is 21.8 Å². The van der Waals surface area contributed by atoms with E-state index < -0.39 is 0 Å². The Morgan fingerprint density at radius 1 is 0.500 bits per heavy atom. The molecule has 8 rings (SSSR count). The second-order valence-electron chi connectivity index (χ2n) is 9.49. The molecular formula is C31H23N. The van der Waals surface area contributed by atoms with Crippen molar-refractivity contribution in [3.8, 4) is 11.3 Å². The number of benzene rings is 4. The highest BCUT2D eigenvalue weighted by Gasteiger charge is 2.54. The van der Waals surface area contributed by atoms with Crippen LogP contribution >= 0.6 is 0 Å². The number of para-hydroxylation sites is 1. The first kappa shape index (κ1) is 17.9. The highest BCUT2D eigenvalue weighted by molar-refractivity contribution is 5.82. The predicted molar refractivity (Wildman–Crippen MR) is 131 cm³/mol. The van der Waals surface area contributed by atoms with E-state index in [9.17, 15) is 0 Å². The second-order valence-corrected chi connectivity index (χ2v) is 9.49. The predicted octanol–water partition coefficient (Wildman–Crippen LogP) is 7.24. The zero-order chi connectivity index (χ0) is 21.5. The van der Waals surface area contributed by atoms with Crippen LogP contribution in [-0.2, 0) is 10.8 Å².